The summed E-state index contributed by atoms with van der Waals surface area (Å²) < 4.78 is 5.67. The number of hydrogen-bond acceptors (Lipinski definition) is 3. The van der Waals surface area contributed by atoms with E-state index >= 15 is 0 Å². The first-order chi connectivity index (χ1) is 13.8. The minimum atomic E-state index is -0.593. The van der Waals surface area contributed by atoms with Gasteiger partial charge in [-0.2, -0.15) is 0 Å². The number of nitrogens with one attached hydrogen (secondary N) is 1. The summed E-state index contributed by atoms with van der Waals surface area (Å²) in [4.78, 5) is 27.1. The zero-order chi connectivity index (χ0) is 21.4. The van der Waals surface area contributed by atoms with Crippen molar-refractivity contribution in [1.82, 2.24) is 10.2 Å². The quantitative estimate of drug-likeness (QED) is 0.700. The van der Waals surface area contributed by atoms with Gasteiger partial charge >= 0.3 is 0 Å². The van der Waals surface area contributed by atoms with Gasteiger partial charge in [-0.1, -0.05) is 61.4 Å². The third kappa shape index (κ3) is 7.26. The molecule has 5 nitrogen and oxygen atoms in total. The maximum atomic E-state index is 13.0. The molecule has 2 aromatic rings. The molecule has 2 rings (SSSR count). The van der Waals surface area contributed by atoms with Crippen molar-refractivity contribution in [3.05, 3.63) is 65.2 Å². The van der Waals surface area contributed by atoms with Crippen LogP contribution in [-0.2, 0) is 16.1 Å². The predicted molar refractivity (Wildman–Crippen MR) is 116 cm³/mol. The van der Waals surface area contributed by atoms with E-state index in [-0.39, 0.29) is 18.4 Å². The second-order valence-corrected chi connectivity index (χ2v) is 7.92. The van der Waals surface area contributed by atoms with Crippen molar-refractivity contribution in [2.45, 2.75) is 47.2 Å². The van der Waals surface area contributed by atoms with Gasteiger partial charge in [-0.25, -0.2) is 0 Å². The molecule has 0 aromatic heterocycles. The Kier molecular flexibility index (Phi) is 8.25. The van der Waals surface area contributed by atoms with Crippen LogP contribution in [0.3, 0.4) is 0 Å². The van der Waals surface area contributed by atoms with Gasteiger partial charge in [-0.15, -0.1) is 0 Å². The highest BCUT2D eigenvalue weighted by Gasteiger charge is 2.26. The molecule has 156 valence electrons. The lowest BCUT2D eigenvalue weighted by Gasteiger charge is -2.29. The number of amides is 2. The highest BCUT2D eigenvalue weighted by Crippen LogP contribution is 2.14. The largest absolute Gasteiger partial charge is 0.484 e. The van der Waals surface area contributed by atoms with Crippen LogP contribution in [0.5, 0.6) is 5.75 Å². The average Bonchev–Trinajstić information content (AvgIpc) is 2.70. The summed E-state index contributed by atoms with van der Waals surface area (Å²) in [6.07, 6.45) is 0. The van der Waals surface area contributed by atoms with Crippen molar-refractivity contribution < 1.29 is 14.3 Å². The van der Waals surface area contributed by atoms with Crippen molar-refractivity contribution in [1.29, 1.82) is 0 Å². The Morgan fingerprint density at radius 3 is 2.03 bits per heavy atom. The predicted octanol–water partition coefficient (Wildman–Crippen LogP) is 3.87. The first-order valence-electron chi connectivity index (χ1n) is 10.1. The number of hydrogen-bond donors (Lipinski definition) is 1. The Balaban J connectivity index is 2.10. The molecule has 0 aliphatic heterocycles. The smallest absolute Gasteiger partial charge is 0.261 e. The van der Waals surface area contributed by atoms with E-state index in [2.05, 4.69) is 5.32 Å². The second kappa shape index (κ2) is 10.6. The van der Waals surface area contributed by atoms with Crippen LogP contribution in [0.25, 0.3) is 0 Å². The van der Waals surface area contributed by atoms with Gasteiger partial charge in [-0.05, 0) is 44.4 Å². The third-order valence-corrected chi connectivity index (χ3v) is 4.71. The number of nitrogens with zero attached hydrogens (tertiary/aromatic N) is 1. The van der Waals surface area contributed by atoms with Crippen LogP contribution in [0.1, 0.15) is 37.5 Å². The second-order valence-electron chi connectivity index (χ2n) is 7.92. The van der Waals surface area contributed by atoms with Crippen LogP contribution >= 0.6 is 0 Å². The molecular weight excluding hydrogens is 364 g/mol. The molecule has 0 aliphatic rings. The molecule has 1 N–H and O–H groups in total. The van der Waals surface area contributed by atoms with Crippen molar-refractivity contribution >= 4 is 11.8 Å². The summed E-state index contributed by atoms with van der Waals surface area (Å²) >= 11 is 0. The zero-order valence-corrected chi connectivity index (χ0v) is 18.1. The fourth-order valence-corrected chi connectivity index (χ4v) is 2.79. The molecule has 0 aliphatic carbocycles. The maximum Gasteiger partial charge on any atom is 0.261 e. The van der Waals surface area contributed by atoms with E-state index in [1.807, 2.05) is 76.2 Å². The fourth-order valence-electron chi connectivity index (χ4n) is 2.79. The summed E-state index contributed by atoms with van der Waals surface area (Å²) in [5, 5.41) is 2.92. The summed E-state index contributed by atoms with van der Waals surface area (Å²) in [5.74, 6) is 0.598. The normalized spacial score (nSPS) is 11.8. The number of rotatable bonds is 9. The van der Waals surface area contributed by atoms with E-state index in [0.29, 0.717) is 24.8 Å². The van der Waals surface area contributed by atoms with Crippen molar-refractivity contribution in [2.75, 3.05) is 13.2 Å². The van der Waals surface area contributed by atoms with Crippen LogP contribution < -0.4 is 10.1 Å². The first kappa shape index (κ1) is 22.5. The van der Waals surface area contributed by atoms with Gasteiger partial charge in [0.2, 0.25) is 5.91 Å². The van der Waals surface area contributed by atoms with E-state index < -0.39 is 6.04 Å². The highest BCUT2D eigenvalue weighted by atomic mass is 16.5. The molecule has 0 bridgehead atoms. The number of carbonyl (C=O) groups excluding carboxylic acids is 2. The topological polar surface area (TPSA) is 58.6 Å². The van der Waals surface area contributed by atoms with Gasteiger partial charge < -0.3 is 15.0 Å². The number of aryl methyl sites for hydroxylation is 2. The first-order valence-corrected chi connectivity index (χ1v) is 10.1. The minimum absolute atomic E-state index is 0.114. The van der Waals surface area contributed by atoms with Gasteiger partial charge in [-0.3, -0.25) is 9.59 Å². The summed E-state index contributed by atoms with van der Waals surface area (Å²) in [7, 11) is 0. The van der Waals surface area contributed by atoms with E-state index in [1.165, 1.54) is 0 Å². The van der Waals surface area contributed by atoms with Crippen LogP contribution in [0.15, 0.2) is 48.5 Å². The molecule has 5 heteroatoms. The van der Waals surface area contributed by atoms with E-state index in [9.17, 15) is 9.59 Å². The van der Waals surface area contributed by atoms with Crippen molar-refractivity contribution in [3.63, 3.8) is 0 Å². The lowest BCUT2D eigenvalue weighted by atomic mass is 10.1. The molecule has 0 saturated carbocycles. The molecule has 0 radical (unpaired) electrons. The van der Waals surface area contributed by atoms with Crippen LogP contribution in [0.4, 0.5) is 0 Å². The Morgan fingerprint density at radius 1 is 0.931 bits per heavy atom. The van der Waals surface area contributed by atoms with Gasteiger partial charge in [0.05, 0.1) is 0 Å². The lowest BCUT2D eigenvalue weighted by Crippen LogP contribution is -2.49. The molecule has 1 unspecified atom stereocenters. The average molecular weight is 397 g/mol. The number of carbonyl (C=O) groups is 2. The number of benzene rings is 2. The molecule has 0 fully saturated rings. The SMILES string of the molecule is Cc1ccc(CN(C(=O)COc2ccc(C)cc2)C(C)C(=O)NCC(C)C)cc1. The van der Waals surface area contributed by atoms with Gasteiger partial charge in [0.1, 0.15) is 11.8 Å². The Bertz CT molecular complexity index is 798. The molecule has 2 amide bonds. The number of ether oxygens (including phenoxy) is 1. The monoisotopic (exact) mass is 396 g/mol. The van der Waals surface area contributed by atoms with Crippen LogP contribution in [0.2, 0.25) is 0 Å². The molecule has 0 saturated heterocycles. The molecule has 0 spiro atoms. The molecule has 2 aromatic carbocycles. The van der Waals surface area contributed by atoms with E-state index in [0.717, 1.165) is 16.7 Å². The van der Waals surface area contributed by atoms with E-state index in [4.69, 9.17) is 4.74 Å². The minimum Gasteiger partial charge on any atom is -0.484 e. The fraction of sp³-hybridized carbons (Fsp3) is 0.417. The summed E-state index contributed by atoms with van der Waals surface area (Å²) in [5.41, 5.74) is 3.25. The van der Waals surface area contributed by atoms with Crippen LogP contribution in [0, 0.1) is 19.8 Å². The van der Waals surface area contributed by atoms with Crippen molar-refractivity contribution in [2.24, 2.45) is 5.92 Å². The summed E-state index contributed by atoms with van der Waals surface area (Å²) in [6.45, 7) is 10.7. The highest BCUT2D eigenvalue weighted by molar-refractivity contribution is 5.87. The van der Waals surface area contributed by atoms with Gasteiger partial charge in [0.25, 0.3) is 5.91 Å². The Morgan fingerprint density at radius 2 is 1.48 bits per heavy atom. The van der Waals surface area contributed by atoms with Gasteiger partial charge in [0, 0.05) is 13.1 Å². The maximum absolute atomic E-state index is 13.0. The molecule has 1 atom stereocenters. The molecule has 0 heterocycles. The Labute approximate surface area is 174 Å². The Hall–Kier alpha value is -2.82. The third-order valence-electron chi connectivity index (χ3n) is 4.71. The van der Waals surface area contributed by atoms with Gasteiger partial charge in [0.15, 0.2) is 6.61 Å². The van der Waals surface area contributed by atoms with E-state index in [1.54, 1.807) is 11.8 Å². The molecular formula is C24H32N2O3. The van der Waals surface area contributed by atoms with Crippen LogP contribution in [-0.4, -0.2) is 35.9 Å². The van der Waals surface area contributed by atoms with Crippen molar-refractivity contribution in [3.8, 4) is 5.75 Å². The summed E-state index contributed by atoms with van der Waals surface area (Å²) in [6, 6.07) is 14.9. The lowest BCUT2D eigenvalue weighted by molar-refractivity contribution is -0.142. The molecule has 29 heavy (non-hydrogen) atoms. The zero-order valence-electron chi connectivity index (χ0n) is 18.1. The standard InChI is InChI=1S/C24H32N2O3/c1-17(2)14-25-24(28)20(5)26(15-21-10-6-18(3)7-11-21)23(27)16-29-22-12-8-19(4)9-13-22/h6-13,17,20H,14-16H2,1-5H3,(H,25,28).